The molecule has 0 aromatic carbocycles. The first-order chi connectivity index (χ1) is 10.0. The zero-order chi connectivity index (χ0) is 15.4. The van der Waals surface area contributed by atoms with Crippen LogP contribution in [0.15, 0.2) is 4.47 Å². The Balaban J connectivity index is 2.07. The Morgan fingerprint density at radius 1 is 1.48 bits per heavy atom. The summed E-state index contributed by atoms with van der Waals surface area (Å²) >= 11 is 3.74. The maximum absolute atomic E-state index is 4.62. The Labute approximate surface area is 137 Å². The number of hydrogen-bond donors (Lipinski definition) is 1. The summed E-state index contributed by atoms with van der Waals surface area (Å²) in [6, 6.07) is 0.554. The molecule has 0 amide bonds. The van der Waals surface area contributed by atoms with E-state index in [1.165, 1.54) is 36.1 Å². The average Bonchev–Trinajstić information content (AvgIpc) is 2.74. The van der Waals surface area contributed by atoms with Crippen molar-refractivity contribution in [3.8, 4) is 0 Å². The van der Waals surface area contributed by atoms with Crippen LogP contribution in [0, 0.1) is 5.92 Å². The van der Waals surface area contributed by atoms with E-state index in [1.54, 1.807) is 0 Å². The maximum Gasteiger partial charge on any atom is 0.0767 e. The first-order valence-electron chi connectivity index (χ1n) is 8.17. The van der Waals surface area contributed by atoms with Crippen molar-refractivity contribution in [3.05, 3.63) is 15.9 Å². The van der Waals surface area contributed by atoms with E-state index >= 15 is 0 Å². The molecule has 2 rings (SSSR count). The predicted molar refractivity (Wildman–Crippen MR) is 91.4 cm³/mol. The van der Waals surface area contributed by atoms with E-state index < -0.39 is 0 Å². The minimum absolute atomic E-state index is 0.554. The molecule has 1 aromatic rings. The van der Waals surface area contributed by atoms with Gasteiger partial charge in [-0.25, -0.2) is 0 Å². The van der Waals surface area contributed by atoms with Gasteiger partial charge in [-0.3, -0.25) is 9.58 Å². The SMILES string of the molecule is CCc1nn(C)c(CN(CC2CCCNC2)C(C)C)c1Br. The number of halogens is 1. The molecule has 1 N–H and O–H groups in total. The monoisotopic (exact) mass is 356 g/mol. The third-order valence-corrected chi connectivity index (χ3v) is 5.39. The van der Waals surface area contributed by atoms with Crippen LogP contribution in [0.3, 0.4) is 0 Å². The van der Waals surface area contributed by atoms with Crippen LogP contribution in [0.2, 0.25) is 0 Å². The van der Waals surface area contributed by atoms with Crippen LogP contribution < -0.4 is 5.32 Å². The number of hydrogen-bond acceptors (Lipinski definition) is 3. The number of rotatable bonds is 6. The minimum atomic E-state index is 0.554. The largest absolute Gasteiger partial charge is 0.316 e. The van der Waals surface area contributed by atoms with Gasteiger partial charge in [0.25, 0.3) is 0 Å². The van der Waals surface area contributed by atoms with Crippen LogP contribution in [0.1, 0.15) is 45.0 Å². The van der Waals surface area contributed by atoms with E-state index in [0.717, 1.165) is 31.1 Å². The number of aryl methyl sites for hydroxylation is 2. The topological polar surface area (TPSA) is 33.1 Å². The second kappa shape index (κ2) is 7.75. The molecule has 1 saturated heterocycles. The minimum Gasteiger partial charge on any atom is -0.316 e. The van der Waals surface area contributed by atoms with E-state index in [1.807, 2.05) is 4.68 Å². The molecule has 0 radical (unpaired) electrons. The van der Waals surface area contributed by atoms with Gasteiger partial charge in [0.05, 0.1) is 15.9 Å². The molecule has 0 saturated carbocycles. The van der Waals surface area contributed by atoms with Crippen molar-refractivity contribution >= 4 is 15.9 Å². The van der Waals surface area contributed by atoms with Gasteiger partial charge in [-0.15, -0.1) is 0 Å². The van der Waals surface area contributed by atoms with Gasteiger partial charge >= 0.3 is 0 Å². The molecule has 5 heteroatoms. The number of nitrogens with zero attached hydrogens (tertiary/aromatic N) is 3. The third-order valence-electron chi connectivity index (χ3n) is 4.48. The molecular weight excluding hydrogens is 328 g/mol. The third kappa shape index (κ3) is 4.30. The van der Waals surface area contributed by atoms with Gasteiger partial charge in [0.1, 0.15) is 0 Å². The molecular formula is C16H29BrN4. The van der Waals surface area contributed by atoms with Crippen LogP contribution >= 0.6 is 15.9 Å². The van der Waals surface area contributed by atoms with Crippen LogP contribution in [-0.2, 0) is 20.0 Å². The van der Waals surface area contributed by atoms with E-state index in [0.29, 0.717) is 6.04 Å². The fourth-order valence-corrected chi connectivity index (χ4v) is 3.80. The van der Waals surface area contributed by atoms with Gasteiger partial charge in [0.2, 0.25) is 0 Å². The van der Waals surface area contributed by atoms with E-state index in [-0.39, 0.29) is 0 Å². The summed E-state index contributed by atoms with van der Waals surface area (Å²) in [5, 5.41) is 8.14. The molecule has 1 unspecified atom stereocenters. The van der Waals surface area contributed by atoms with Crippen molar-refractivity contribution < 1.29 is 0 Å². The van der Waals surface area contributed by atoms with Gasteiger partial charge in [-0.1, -0.05) is 6.92 Å². The summed E-state index contributed by atoms with van der Waals surface area (Å²) in [6.45, 7) is 11.2. The summed E-state index contributed by atoms with van der Waals surface area (Å²) in [5.41, 5.74) is 2.46. The quantitative estimate of drug-likeness (QED) is 0.850. The molecule has 0 spiro atoms. The van der Waals surface area contributed by atoms with Gasteiger partial charge < -0.3 is 5.32 Å². The highest BCUT2D eigenvalue weighted by atomic mass is 79.9. The molecule has 1 aliphatic rings. The first-order valence-corrected chi connectivity index (χ1v) is 8.97. The lowest BCUT2D eigenvalue weighted by atomic mass is 9.98. The summed E-state index contributed by atoms with van der Waals surface area (Å²) < 4.78 is 3.23. The van der Waals surface area contributed by atoms with Crippen LogP contribution in [0.4, 0.5) is 0 Å². The second-order valence-electron chi connectivity index (χ2n) is 6.42. The van der Waals surface area contributed by atoms with E-state index in [4.69, 9.17) is 0 Å². The molecule has 4 nitrogen and oxygen atoms in total. The number of aromatic nitrogens is 2. The van der Waals surface area contributed by atoms with E-state index in [2.05, 4.69) is 59.1 Å². The second-order valence-corrected chi connectivity index (χ2v) is 7.21. The van der Waals surface area contributed by atoms with Crippen molar-refractivity contribution in [1.82, 2.24) is 20.0 Å². The van der Waals surface area contributed by atoms with Crippen molar-refractivity contribution in [2.24, 2.45) is 13.0 Å². The zero-order valence-electron chi connectivity index (χ0n) is 13.8. The normalized spacial score (nSPS) is 19.7. The molecule has 0 aliphatic carbocycles. The smallest absolute Gasteiger partial charge is 0.0767 e. The summed E-state index contributed by atoms with van der Waals surface area (Å²) in [6.07, 6.45) is 3.64. The lowest BCUT2D eigenvalue weighted by Gasteiger charge is -2.32. The van der Waals surface area contributed by atoms with Crippen molar-refractivity contribution in [1.29, 1.82) is 0 Å². The standard InChI is InChI=1S/C16H29BrN4/c1-5-14-16(17)15(20(4)19-14)11-21(12(2)3)10-13-7-6-8-18-9-13/h12-13,18H,5-11H2,1-4H3. The number of piperidine rings is 1. The molecule has 21 heavy (non-hydrogen) atoms. The molecule has 1 aromatic heterocycles. The zero-order valence-corrected chi connectivity index (χ0v) is 15.4. The van der Waals surface area contributed by atoms with E-state index in [9.17, 15) is 0 Å². The molecule has 1 fully saturated rings. The van der Waals surface area contributed by atoms with Gasteiger partial charge in [0.15, 0.2) is 0 Å². The van der Waals surface area contributed by atoms with Crippen molar-refractivity contribution in [3.63, 3.8) is 0 Å². The molecule has 120 valence electrons. The van der Waals surface area contributed by atoms with Crippen LogP contribution in [0.5, 0.6) is 0 Å². The Morgan fingerprint density at radius 2 is 2.24 bits per heavy atom. The van der Waals surface area contributed by atoms with Crippen molar-refractivity contribution in [2.45, 2.75) is 52.6 Å². The van der Waals surface area contributed by atoms with Crippen LogP contribution in [-0.4, -0.2) is 40.4 Å². The van der Waals surface area contributed by atoms with Gasteiger partial charge in [-0.2, -0.15) is 5.10 Å². The lowest BCUT2D eigenvalue weighted by molar-refractivity contribution is 0.160. The maximum atomic E-state index is 4.62. The van der Waals surface area contributed by atoms with Gasteiger partial charge in [-0.05, 0) is 68.0 Å². The fourth-order valence-electron chi connectivity index (χ4n) is 3.05. The Kier molecular flexibility index (Phi) is 6.26. The van der Waals surface area contributed by atoms with Crippen molar-refractivity contribution in [2.75, 3.05) is 19.6 Å². The highest BCUT2D eigenvalue weighted by Gasteiger charge is 2.22. The summed E-state index contributed by atoms with van der Waals surface area (Å²) in [5.74, 6) is 0.777. The Bertz CT molecular complexity index is 449. The Morgan fingerprint density at radius 3 is 2.76 bits per heavy atom. The van der Waals surface area contributed by atoms with Crippen LogP contribution in [0.25, 0.3) is 0 Å². The summed E-state index contributed by atoms with van der Waals surface area (Å²) in [4.78, 5) is 2.58. The first kappa shape index (κ1) is 17.0. The predicted octanol–water partition coefficient (Wildman–Crippen LogP) is 2.96. The lowest BCUT2D eigenvalue weighted by Crippen LogP contribution is -2.41. The highest BCUT2D eigenvalue weighted by Crippen LogP contribution is 2.24. The number of nitrogens with one attached hydrogen (secondary N) is 1. The molecule has 1 aliphatic heterocycles. The fraction of sp³-hybridized carbons (Fsp3) is 0.812. The molecule has 2 heterocycles. The highest BCUT2D eigenvalue weighted by molar-refractivity contribution is 9.10. The molecule has 0 bridgehead atoms. The Hall–Kier alpha value is -0.390. The molecule has 1 atom stereocenters. The summed E-state index contributed by atoms with van der Waals surface area (Å²) in [7, 11) is 2.06. The van der Waals surface area contributed by atoms with Gasteiger partial charge in [0, 0.05) is 26.2 Å². The average molecular weight is 357 g/mol.